The van der Waals surface area contributed by atoms with E-state index >= 15 is 0 Å². The van der Waals surface area contributed by atoms with Gasteiger partial charge in [0.15, 0.2) is 11.5 Å². The Morgan fingerprint density at radius 2 is 1.95 bits per heavy atom. The Balaban J connectivity index is 2.69. The first-order valence-corrected chi connectivity index (χ1v) is 7.55. The lowest BCUT2D eigenvalue weighted by molar-refractivity contribution is 0.0952. The summed E-state index contributed by atoms with van der Waals surface area (Å²) in [5.74, 6) is 1.22. The van der Waals surface area contributed by atoms with Gasteiger partial charge in [0.1, 0.15) is 0 Å². The van der Waals surface area contributed by atoms with Gasteiger partial charge in [-0.15, -0.1) is 0 Å². The molecule has 0 saturated carbocycles. The highest BCUT2D eigenvalue weighted by Crippen LogP contribution is 2.28. The Hall–Kier alpha value is -1.75. The minimum Gasteiger partial charge on any atom is -0.490 e. The normalized spacial score (nSPS) is 10.2. The van der Waals surface area contributed by atoms with Gasteiger partial charge in [0, 0.05) is 12.1 Å². The molecule has 1 aromatic carbocycles. The number of carbonyl (C=O) groups is 1. The first-order valence-electron chi connectivity index (χ1n) is 7.55. The lowest BCUT2D eigenvalue weighted by atomic mass is 10.2. The van der Waals surface area contributed by atoms with Crippen LogP contribution in [0, 0.1) is 0 Å². The molecule has 0 radical (unpaired) electrons. The molecular weight excluding hydrogens is 268 g/mol. The number of rotatable bonds is 10. The maximum absolute atomic E-state index is 12.1. The molecule has 0 bridgehead atoms. The topological polar surface area (TPSA) is 59.6 Å². The number of carbonyl (C=O) groups excluding carboxylic acids is 1. The Morgan fingerprint density at radius 3 is 2.62 bits per heavy atom. The van der Waals surface area contributed by atoms with Gasteiger partial charge in [-0.1, -0.05) is 6.92 Å². The van der Waals surface area contributed by atoms with Crippen LogP contribution in [-0.4, -0.2) is 39.3 Å². The summed E-state index contributed by atoms with van der Waals surface area (Å²) in [6.07, 6.45) is 1.83. The summed E-state index contributed by atoms with van der Waals surface area (Å²) < 4.78 is 11.2. The van der Waals surface area contributed by atoms with Crippen molar-refractivity contribution in [1.82, 2.24) is 10.6 Å². The molecule has 2 N–H and O–H groups in total. The predicted molar refractivity (Wildman–Crippen MR) is 84.3 cm³/mol. The maximum atomic E-state index is 12.1. The molecule has 0 atom stereocenters. The average Bonchev–Trinajstić information content (AvgIpc) is 2.50. The van der Waals surface area contributed by atoms with E-state index in [0.29, 0.717) is 36.8 Å². The van der Waals surface area contributed by atoms with E-state index in [-0.39, 0.29) is 5.91 Å². The molecule has 0 aliphatic rings. The van der Waals surface area contributed by atoms with Crippen LogP contribution in [0.15, 0.2) is 18.2 Å². The standard InChI is InChI=1S/C16H26N2O3/c1-4-11-21-14-8-7-13(12-15(14)20-5-2)16(19)18-10-6-9-17-3/h7-8,12,17H,4-6,9-11H2,1-3H3,(H,18,19). The van der Waals surface area contributed by atoms with Crippen molar-refractivity contribution in [3.8, 4) is 11.5 Å². The van der Waals surface area contributed by atoms with E-state index in [0.717, 1.165) is 19.4 Å². The van der Waals surface area contributed by atoms with Crippen LogP contribution in [0.2, 0.25) is 0 Å². The van der Waals surface area contributed by atoms with E-state index < -0.39 is 0 Å². The van der Waals surface area contributed by atoms with Crippen LogP contribution in [0.4, 0.5) is 0 Å². The summed E-state index contributed by atoms with van der Waals surface area (Å²) >= 11 is 0. The van der Waals surface area contributed by atoms with Gasteiger partial charge >= 0.3 is 0 Å². The molecule has 0 unspecified atom stereocenters. The number of hydrogen-bond acceptors (Lipinski definition) is 4. The molecule has 0 aromatic heterocycles. The summed E-state index contributed by atoms with van der Waals surface area (Å²) in [5.41, 5.74) is 0.590. The lowest BCUT2D eigenvalue weighted by Crippen LogP contribution is -2.26. The zero-order chi connectivity index (χ0) is 15.5. The number of ether oxygens (including phenoxy) is 2. The molecule has 0 heterocycles. The van der Waals surface area contributed by atoms with E-state index in [2.05, 4.69) is 10.6 Å². The largest absolute Gasteiger partial charge is 0.490 e. The van der Waals surface area contributed by atoms with Gasteiger partial charge in [0.25, 0.3) is 5.91 Å². The van der Waals surface area contributed by atoms with Gasteiger partial charge in [0.05, 0.1) is 13.2 Å². The third-order valence-corrected chi connectivity index (χ3v) is 2.86. The molecule has 118 valence electrons. The molecule has 5 nitrogen and oxygen atoms in total. The first kappa shape index (κ1) is 17.3. The van der Waals surface area contributed by atoms with Crippen molar-refractivity contribution in [3.63, 3.8) is 0 Å². The third kappa shape index (κ3) is 6.04. The van der Waals surface area contributed by atoms with E-state index in [1.54, 1.807) is 18.2 Å². The summed E-state index contributed by atoms with van der Waals surface area (Å²) in [5, 5.41) is 5.94. The first-order chi connectivity index (χ1) is 10.2. The number of benzene rings is 1. The average molecular weight is 294 g/mol. The highest BCUT2D eigenvalue weighted by molar-refractivity contribution is 5.94. The number of amides is 1. The van der Waals surface area contributed by atoms with Crippen LogP contribution in [0.1, 0.15) is 37.0 Å². The minimum atomic E-state index is -0.0888. The van der Waals surface area contributed by atoms with Crippen LogP contribution in [0.3, 0.4) is 0 Å². The lowest BCUT2D eigenvalue weighted by Gasteiger charge is -2.13. The van der Waals surface area contributed by atoms with Crippen molar-refractivity contribution in [2.75, 3.05) is 33.4 Å². The van der Waals surface area contributed by atoms with Gasteiger partial charge in [0.2, 0.25) is 0 Å². The van der Waals surface area contributed by atoms with Crippen LogP contribution >= 0.6 is 0 Å². The molecule has 0 fully saturated rings. The Bertz CT molecular complexity index is 436. The van der Waals surface area contributed by atoms with Crippen molar-refractivity contribution in [2.45, 2.75) is 26.7 Å². The minimum absolute atomic E-state index is 0.0888. The third-order valence-electron chi connectivity index (χ3n) is 2.86. The fraction of sp³-hybridized carbons (Fsp3) is 0.562. The molecule has 0 spiro atoms. The van der Waals surface area contributed by atoms with Crippen molar-refractivity contribution in [2.24, 2.45) is 0 Å². The van der Waals surface area contributed by atoms with Crippen molar-refractivity contribution < 1.29 is 14.3 Å². The maximum Gasteiger partial charge on any atom is 0.251 e. The highest BCUT2D eigenvalue weighted by Gasteiger charge is 2.11. The second-order valence-electron chi connectivity index (χ2n) is 4.66. The molecule has 0 saturated heterocycles. The van der Waals surface area contributed by atoms with E-state index in [1.807, 2.05) is 20.9 Å². The van der Waals surface area contributed by atoms with Crippen LogP contribution in [0.25, 0.3) is 0 Å². The molecular formula is C16H26N2O3. The van der Waals surface area contributed by atoms with Crippen molar-refractivity contribution in [3.05, 3.63) is 23.8 Å². The van der Waals surface area contributed by atoms with Crippen LogP contribution < -0.4 is 20.1 Å². The molecule has 5 heteroatoms. The molecule has 1 amide bonds. The summed E-state index contributed by atoms with van der Waals surface area (Å²) in [7, 11) is 1.89. The molecule has 0 aliphatic carbocycles. The highest BCUT2D eigenvalue weighted by atomic mass is 16.5. The molecule has 0 aliphatic heterocycles. The molecule has 1 rings (SSSR count). The Labute approximate surface area is 127 Å². The van der Waals surface area contributed by atoms with Gasteiger partial charge < -0.3 is 20.1 Å². The fourth-order valence-electron chi connectivity index (χ4n) is 1.82. The van der Waals surface area contributed by atoms with Crippen LogP contribution in [-0.2, 0) is 0 Å². The zero-order valence-corrected chi connectivity index (χ0v) is 13.2. The van der Waals surface area contributed by atoms with E-state index in [4.69, 9.17) is 9.47 Å². The number of hydrogen-bond donors (Lipinski definition) is 2. The van der Waals surface area contributed by atoms with Gasteiger partial charge in [-0.3, -0.25) is 4.79 Å². The van der Waals surface area contributed by atoms with Crippen LogP contribution in [0.5, 0.6) is 11.5 Å². The van der Waals surface area contributed by atoms with Gasteiger partial charge in [-0.2, -0.15) is 0 Å². The van der Waals surface area contributed by atoms with E-state index in [9.17, 15) is 4.79 Å². The van der Waals surface area contributed by atoms with E-state index in [1.165, 1.54) is 0 Å². The zero-order valence-electron chi connectivity index (χ0n) is 13.2. The molecule has 21 heavy (non-hydrogen) atoms. The Kier molecular flexibility index (Phi) is 8.28. The van der Waals surface area contributed by atoms with Crippen molar-refractivity contribution in [1.29, 1.82) is 0 Å². The fourth-order valence-corrected chi connectivity index (χ4v) is 1.82. The quantitative estimate of drug-likeness (QED) is 0.650. The SMILES string of the molecule is CCCOc1ccc(C(=O)NCCCNC)cc1OCC. The van der Waals surface area contributed by atoms with Gasteiger partial charge in [-0.05, 0) is 51.6 Å². The predicted octanol–water partition coefficient (Wildman–Crippen LogP) is 2.21. The second-order valence-corrected chi connectivity index (χ2v) is 4.66. The monoisotopic (exact) mass is 294 g/mol. The Morgan fingerprint density at radius 1 is 1.14 bits per heavy atom. The summed E-state index contributed by atoms with van der Waals surface area (Å²) in [6.45, 7) is 6.67. The van der Waals surface area contributed by atoms with Crippen molar-refractivity contribution >= 4 is 5.91 Å². The summed E-state index contributed by atoms with van der Waals surface area (Å²) in [4.78, 5) is 12.1. The summed E-state index contributed by atoms with van der Waals surface area (Å²) in [6, 6.07) is 5.30. The van der Waals surface area contributed by atoms with Gasteiger partial charge in [-0.25, -0.2) is 0 Å². The molecule has 1 aromatic rings. The second kappa shape index (κ2) is 10.0. The smallest absolute Gasteiger partial charge is 0.251 e. The number of nitrogens with one attached hydrogen (secondary N) is 2.